The van der Waals surface area contributed by atoms with Crippen molar-refractivity contribution in [1.82, 2.24) is 0 Å². The minimum absolute atomic E-state index is 1.14. The molecule has 0 heterocycles. The first kappa shape index (κ1) is 20.8. The van der Waals surface area contributed by atoms with Crippen LogP contribution >= 0.6 is 0 Å². The minimum Gasteiger partial charge on any atom is -0.0683 e. The smallest absolute Gasteiger partial charge is 0.0307 e. The van der Waals surface area contributed by atoms with E-state index in [9.17, 15) is 0 Å². The minimum atomic E-state index is 1.14. The van der Waals surface area contributed by atoms with E-state index in [0.29, 0.717) is 0 Å². The molecule has 0 aliphatic carbocycles. The van der Waals surface area contributed by atoms with Crippen LogP contribution in [0.5, 0.6) is 0 Å². The molecule has 112 valence electrons. The predicted molar refractivity (Wildman–Crippen MR) is 94.4 cm³/mol. The summed E-state index contributed by atoms with van der Waals surface area (Å²) < 4.78 is 0. The molecule has 2 rings (SSSR count). The van der Waals surface area contributed by atoms with Gasteiger partial charge in [-0.25, -0.2) is 0 Å². The van der Waals surface area contributed by atoms with Crippen molar-refractivity contribution < 1.29 is 0 Å². The van der Waals surface area contributed by atoms with Gasteiger partial charge in [-0.3, -0.25) is 0 Å². The van der Waals surface area contributed by atoms with Crippen LogP contribution in [0.2, 0.25) is 0 Å². The van der Waals surface area contributed by atoms with Gasteiger partial charge in [0.05, 0.1) is 0 Å². The second-order valence-corrected chi connectivity index (χ2v) is 3.99. The van der Waals surface area contributed by atoms with Crippen molar-refractivity contribution in [1.29, 1.82) is 0 Å². The van der Waals surface area contributed by atoms with Crippen LogP contribution in [0, 0.1) is 13.8 Å². The van der Waals surface area contributed by atoms with Gasteiger partial charge in [0.1, 0.15) is 0 Å². The van der Waals surface area contributed by atoms with Gasteiger partial charge in [-0.2, -0.15) is 0 Å². The monoisotopic (exact) mass is 272 g/mol. The Morgan fingerprint density at radius 1 is 0.600 bits per heavy atom. The number of hydrogen-bond acceptors (Lipinski definition) is 0. The van der Waals surface area contributed by atoms with Crippen molar-refractivity contribution in [2.45, 2.75) is 54.9 Å². The SMILES string of the molecule is CC.CC.CCc1ccc(C)cc1.Cc1ccccc1. The lowest BCUT2D eigenvalue weighted by Gasteiger charge is -1.94. The van der Waals surface area contributed by atoms with Crippen molar-refractivity contribution in [3.63, 3.8) is 0 Å². The molecule has 0 amide bonds. The first-order valence-electron chi connectivity index (χ1n) is 7.79. The molecule has 2 aromatic rings. The lowest BCUT2D eigenvalue weighted by Crippen LogP contribution is -1.77. The van der Waals surface area contributed by atoms with Gasteiger partial charge >= 0.3 is 0 Å². The highest BCUT2D eigenvalue weighted by Gasteiger charge is 1.84. The Bertz CT molecular complexity index is 384. The highest BCUT2D eigenvalue weighted by atomic mass is 13.9. The van der Waals surface area contributed by atoms with E-state index in [2.05, 4.69) is 57.2 Å². The fourth-order valence-electron chi connectivity index (χ4n) is 1.36. The second-order valence-electron chi connectivity index (χ2n) is 3.99. The second kappa shape index (κ2) is 15.5. The third kappa shape index (κ3) is 11.5. The molecular formula is C20H32. The van der Waals surface area contributed by atoms with Crippen LogP contribution in [-0.2, 0) is 6.42 Å². The molecule has 0 bridgehead atoms. The van der Waals surface area contributed by atoms with Crippen LogP contribution in [0.15, 0.2) is 54.6 Å². The fraction of sp³-hybridized carbons (Fsp3) is 0.400. The Labute approximate surface area is 126 Å². The lowest BCUT2D eigenvalue weighted by atomic mass is 10.1. The first-order chi connectivity index (χ1) is 9.72. The van der Waals surface area contributed by atoms with Crippen molar-refractivity contribution >= 4 is 0 Å². The van der Waals surface area contributed by atoms with Gasteiger partial charge in [0.15, 0.2) is 0 Å². The molecule has 0 unspecified atom stereocenters. The Balaban J connectivity index is 0. The molecule has 20 heavy (non-hydrogen) atoms. The van der Waals surface area contributed by atoms with E-state index in [4.69, 9.17) is 0 Å². The van der Waals surface area contributed by atoms with Gasteiger partial charge in [-0.1, -0.05) is 100 Å². The summed E-state index contributed by atoms with van der Waals surface area (Å²) in [6.07, 6.45) is 1.14. The average Bonchev–Trinajstić information content (AvgIpc) is 2.53. The van der Waals surface area contributed by atoms with E-state index in [1.807, 2.05) is 45.9 Å². The molecule has 0 heteroatoms. The highest BCUT2D eigenvalue weighted by Crippen LogP contribution is 2.02. The third-order valence-corrected chi connectivity index (χ3v) is 2.47. The van der Waals surface area contributed by atoms with E-state index in [1.165, 1.54) is 16.7 Å². The molecule has 2 aromatic carbocycles. The zero-order valence-corrected chi connectivity index (χ0v) is 14.4. The standard InChI is InChI=1S/C9H12.C7H8.2C2H6/c1-3-9-6-4-8(2)5-7-9;1-7-5-3-2-4-6-7;2*1-2/h4-7H,3H2,1-2H3;2-6H,1H3;2*1-2H3. The van der Waals surface area contributed by atoms with Crippen molar-refractivity contribution in [3.8, 4) is 0 Å². The summed E-state index contributed by atoms with van der Waals surface area (Å²) >= 11 is 0. The van der Waals surface area contributed by atoms with Crippen LogP contribution in [0.1, 0.15) is 51.3 Å². The first-order valence-corrected chi connectivity index (χ1v) is 7.79. The molecule has 0 fully saturated rings. The fourth-order valence-corrected chi connectivity index (χ4v) is 1.36. The molecule has 0 aliphatic heterocycles. The Morgan fingerprint density at radius 3 is 1.30 bits per heavy atom. The molecule has 0 spiro atoms. The largest absolute Gasteiger partial charge is 0.0683 e. The summed E-state index contributed by atoms with van der Waals surface area (Å²) in [5, 5.41) is 0. The normalized spacial score (nSPS) is 7.95. The van der Waals surface area contributed by atoms with Crippen LogP contribution in [0.25, 0.3) is 0 Å². The summed E-state index contributed by atoms with van der Waals surface area (Å²) in [5.41, 5.74) is 4.08. The third-order valence-electron chi connectivity index (χ3n) is 2.47. The number of benzene rings is 2. The molecular weight excluding hydrogens is 240 g/mol. The quantitative estimate of drug-likeness (QED) is 0.548. The summed E-state index contributed by atoms with van der Waals surface area (Å²) in [4.78, 5) is 0. The number of rotatable bonds is 1. The maximum absolute atomic E-state index is 2.18. The predicted octanol–water partition coefficient (Wildman–Crippen LogP) is 6.60. The number of aryl methyl sites for hydroxylation is 3. The molecule has 0 N–H and O–H groups in total. The van der Waals surface area contributed by atoms with E-state index >= 15 is 0 Å². The summed E-state index contributed by atoms with van der Waals surface area (Å²) in [5.74, 6) is 0. The molecule has 0 saturated heterocycles. The Morgan fingerprint density at radius 2 is 1.00 bits per heavy atom. The van der Waals surface area contributed by atoms with Gasteiger partial charge in [0, 0.05) is 0 Å². The topological polar surface area (TPSA) is 0 Å². The van der Waals surface area contributed by atoms with Crippen molar-refractivity contribution in [2.75, 3.05) is 0 Å². The van der Waals surface area contributed by atoms with E-state index in [-0.39, 0.29) is 0 Å². The molecule has 0 aromatic heterocycles. The van der Waals surface area contributed by atoms with Crippen LogP contribution in [0.3, 0.4) is 0 Å². The maximum atomic E-state index is 2.18. The summed E-state index contributed by atoms with van der Waals surface area (Å²) in [7, 11) is 0. The van der Waals surface area contributed by atoms with Crippen molar-refractivity contribution in [3.05, 3.63) is 71.3 Å². The van der Waals surface area contributed by atoms with E-state index < -0.39 is 0 Å². The van der Waals surface area contributed by atoms with E-state index in [0.717, 1.165) is 6.42 Å². The molecule has 0 nitrogen and oxygen atoms in total. The lowest BCUT2D eigenvalue weighted by molar-refractivity contribution is 1.14. The number of hydrogen-bond donors (Lipinski definition) is 0. The molecule has 0 radical (unpaired) electrons. The van der Waals surface area contributed by atoms with Gasteiger partial charge in [-0.15, -0.1) is 0 Å². The van der Waals surface area contributed by atoms with Crippen molar-refractivity contribution in [2.24, 2.45) is 0 Å². The average molecular weight is 272 g/mol. The molecule has 0 atom stereocenters. The maximum Gasteiger partial charge on any atom is -0.0307 e. The van der Waals surface area contributed by atoms with Gasteiger partial charge in [-0.05, 0) is 25.8 Å². The zero-order valence-electron chi connectivity index (χ0n) is 14.4. The zero-order chi connectivity index (χ0) is 15.8. The van der Waals surface area contributed by atoms with Crippen LogP contribution in [-0.4, -0.2) is 0 Å². The Kier molecular flexibility index (Phi) is 16.1. The molecule has 0 saturated carbocycles. The van der Waals surface area contributed by atoms with Gasteiger partial charge < -0.3 is 0 Å². The Hall–Kier alpha value is -1.56. The van der Waals surface area contributed by atoms with Crippen LogP contribution < -0.4 is 0 Å². The summed E-state index contributed by atoms with van der Waals surface area (Å²) in [6.45, 7) is 14.4. The van der Waals surface area contributed by atoms with Gasteiger partial charge in [0.2, 0.25) is 0 Å². The molecule has 0 aliphatic rings. The van der Waals surface area contributed by atoms with Crippen LogP contribution in [0.4, 0.5) is 0 Å². The highest BCUT2D eigenvalue weighted by molar-refractivity contribution is 5.20. The van der Waals surface area contributed by atoms with E-state index in [1.54, 1.807) is 0 Å². The summed E-state index contributed by atoms with van der Waals surface area (Å²) in [6, 6.07) is 18.9. The van der Waals surface area contributed by atoms with Gasteiger partial charge in [0.25, 0.3) is 0 Å².